The molecule has 1 N–H and O–H groups in total. The van der Waals surface area contributed by atoms with Crippen molar-refractivity contribution in [2.24, 2.45) is 0 Å². The van der Waals surface area contributed by atoms with E-state index in [9.17, 15) is 4.79 Å². The van der Waals surface area contributed by atoms with Crippen molar-refractivity contribution in [3.63, 3.8) is 0 Å². The van der Waals surface area contributed by atoms with Gasteiger partial charge in [-0.25, -0.2) is 4.79 Å². The van der Waals surface area contributed by atoms with Crippen molar-refractivity contribution >= 4 is 27.6 Å². The van der Waals surface area contributed by atoms with Crippen LogP contribution in [0.15, 0.2) is 42.6 Å². The fraction of sp³-hybridized carbons (Fsp3) is 0. The van der Waals surface area contributed by atoms with Crippen molar-refractivity contribution in [2.45, 2.75) is 0 Å². The van der Waals surface area contributed by atoms with Crippen LogP contribution in [0.3, 0.4) is 0 Å². The Bertz CT molecular complexity index is 738. The predicted octanol–water partition coefficient (Wildman–Crippen LogP) is 2.48. The molecule has 1 aromatic heterocycles. The smallest absolute Gasteiger partial charge is 0.335 e. The number of carbonyl (C=O) groups is 1. The molecule has 0 saturated heterocycles. The quantitative estimate of drug-likeness (QED) is 0.645. The van der Waals surface area contributed by atoms with Crippen LogP contribution in [0.4, 0.5) is 0 Å². The van der Waals surface area contributed by atoms with Crippen LogP contribution in [0.5, 0.6) is 0 Å². The summed E-state index contributed by atoms with van der Waals surface area (Å²) in [5.41, 5.74) is 1.04. The number of hydrogen-bond acceptors (Lipinski definition) is 3. The van der Waals surface area contributed by atoms with E-state index in [0.29, 0.717) is 0 Å². The van der Waals surface area contributed by atoms with Crippen molar-refractivity contribution < 1.29 is 9.90 Å². The molecule has 17 heavy (non-hydrogen) atoms. The average Bonchev–Trinajstić information content (AvgIpc) is 2.35. The first kappa shape index (κ1) is 9.72. The minimum Gasteiger partial charge on any atom is -0.478 e. The Hall–Kier alpha value is -2.49. The van der Waals surface area contributed by atoms with Crippen LogP contribution in [0.1, 0.15) is 10.4 Å². The predicted molar refractivity (Wildman–Crippen MR) is 64.0 cm³/mol. The molecule has 0 atom stereocenters. The number of fused-ring (bicyclic) bond motifs is 2. The van der Waals surface area contributed by atoms with Crippen molar-refractivity contribution in [3.05, 3.63) is 48.2 Å². The largest absolute Gasteiger partial charge is 0.478 e. The zero-order chi connectivity index (χ0) is 11.8. The fourth-order valence-electron chi connectivity index (χ4n) is 1.87. The Morgan fingerprint density at radius 3 is 2.71 bits per heavy atom. The average molecular weight is 224 g/mol. The minimum absolute atomic E-state index is 0.278. The number of carboxylic acid groups (broad SMARTS) is 1. The van der Waals surface area contributed by atoms with Crippen LogP contribution in [0, 0.1) is 0 Å². The van der Waals surface area contributed by atoms with Gasteiger partial charge < -0.3 is 5.11 Å². The van der Waals surface area contributed by atoms with E-state index >= 15 is 0 Å². The monoisotopic (exact) mass is 224 g/mol. The lowest BCUT2D eigenvalue weighted by atomic mass is 10.0. The molecule has 4 heteroatoms. The van der Waals surface area contributed by atoms with Crippen LogP contribution in [-0.4, -0.2) is 21.3 Å². The molecular weight excluding hydrogens is 216 g/mol. The molecule has 0 fully saturated rings. The van der Waals surface area contributed by atoms with Gasteiger partial charge in [0, 0.05) is 5.39 Å². The second-order valence-electron chi connectivity index (χ2n) is 3.81. The molecule has 3 aromatic rings. The van der Waals surface area contributed by atoms with E-state index < -0.39 is 5.97 Å². The zero-order valence-electron chi connectivity index (χ0n) is 8.79. The van der Waals surface area contributed by atoms with Gasteiger partial charge in [0.15, 0.2) is 0 Å². The first-order valence-electron chi connectivity index (χ1n) is 5.12. The summed E-state index contributed by atoms with van der Waals surface area (Å²) in [6, 6.07) is 10.8. The highest BCUT2D eigenvalue weighted by molar-refractivity contribution is 6.00. The number of benzene rings is 2. The molecule has 0 unspecified atom stereocenters. The van der Waals surface area contributed by atoms with Crippen molar-refractivity contribution in [1.29, 1.82) is 0 Å². The SMILES string of the molecule is O=C(O)c1ccc2cc3ccnnc3cc2c1. The summed E-state index contributed by atoms with van der Waals surface area (Å²) < 4.78 is 0. The van der Waals surface area contributed by atoms with Crippen molar-refractivity contribution in [1.82, 2.24) is 10.2 Å². The van der Waals surface area contributed by atoms with E-state index in [2.05, 4.69) is 10.2 Å². The summed E-state index contributed by atoms with van der Waals surface area (Å²) in [5.74, 6) is -0.925. The molecule has 82 valence electrons. The number of carboxylic acids is 1. The lowest BCUT2D eigenvalue weighted by molar-refractivity contribution is 0.0697. The number of rotatable bonds is 1. The highest BCUT2D eigenvalue weighted by Gasteiger charge is 2.04. The standard InChI is InChI=1S/C13H8N2O2/c16-13(17)10-2-1-8-5-9-3-4-14-15-12(9)7-11(8)6-10/h1-7H,(H,16,17). The highest BCUT2D eigenvalue weighted by atomic mass is 16.4. The Balaban J connectivity index is 2.36. The molecule has 0 bridgehead atoms. The lowest BCUT2D eigenvalue weighted by Gasteiger charge is -2.02. The molecule has 4 nitrogen and oxygen atoms in total. The Morgan fingerprint density at radius 1 is 1.00 bits per heavy atom. The van der Waals surface area contributed by atoms with E-state index in [1.807, 2.05) is 18.2 Å². The fourth-order valence-corrected chi connectivity index (χ4v) is 1.87. The molecular formula is C13H8N2O2. The number of hydrogen-bond donors (Lipinski definition) is 1. The second kappa shape index (κ2) is 3.52. The maximum Gasteiger partial charge on any atom is 0.335 e. The van der Waals surface area contributed by atoms with Gasteiger partial charge in [-0.3, -0.25) is 0 Å². The van der Waals surface area contributed by atoms with Crippen molar-refractivity contribution in [2.75, 3.05) is 0 Å². The minimum atomic E-state index is -0.925. The number of aromatic carboxylic acids is 1. The van der Waals surface area contributed by atoms with E-state index in [0.717, 1.165) is 21.7 Å². The van der Waals surface area contributed by atoms with Gasteiger partial charge >= 0.3 is 5.97 Å². The molecule has 0 spiro atoms. The number of nitrogens with zero attached hydrogens (tertiary/aromatic N) is 2. The Morgan fingerprint density at radius 2 is 1.88 bits per heavy atom. The van der Waals surface area contributed by atoms with E-state index in [4.69, 9.17) is 5.11 Å². The Labute approximate surface area is 96.5 Å². The number of aromatic nitrogens is 2. The Kier molecular flexibility index (Phi) is 2.01. The maximum atomic E-state index is 10.9. The summed E-state index contributed by atoms with van der Waals surface area (Å²) in [7, 11) is 0. The van der Waals surface area contributed by atoms with Crippen LogP contribution in [-0.2, 0) is 0 Å². The normalized spacial score (nSPS) is 10.8. The van der Waals surface area contributed by atoms with E-state index in [-0.39, 0.29) is 5.56 Å². The summed E-state index contributed by atoms with van der Waals surface area (Å²) >= 11 is 0. The molecule has 0 aliphatic heterocycles. The highest BCUT2D eigenvalue weighted by Crippen LogP contribution is 2.22. The van der Waals surface area contributed by atoms with Crippen LogP contribution < -0.4 is 0 Å². The molecule has 3 rings (SSSR count). The third-order valence-electron chi connectivity index (χ3n) is 2.72. The van der Waals surface area contributed by atoms with E-state index in [1.54, 1.807) is 24.4 Å². The summed E-state index contributed by atoms with van der Waals surface area (Å²) in [6.45, 7) is 0. The summed E-state index contributed by atoms with van der Waals surface area (Å²) in [5, 5.41) is 19.6. The molecule has 0 amide bonds. The maximum absolute atomic E-state index is 10.9. The van der Waals surface area contributed by atoms with Crippen LogP contribution in [0.25, 0.3) is 21.7 Å². The van der Waals surface area contributed by atoms with Crippen molar-refractivity contribution in [3.8, 4) is 0 Å². The van der Waals surface area contributed by atoms with Gasteiger partial charge in [-0.2, -0.15) is 10.2 Å². The molecule has 0 radical (unpaired) electrons. The molecule has 0 aliphatic rings. The third-order valence-corrected chi connectivity index (χ3v) is 2.72. The second-order valence-corrected chi connectivity index (χ2v) is 3.81. The van der Waals surface area contributed by atoms with Gasteiger partial charge in [-0.05, 0) is 41.1 Å². The molecule has 2 aromatic carbocycles. The first-order chi connectivity index (χ1) is 8.24. The summed E-state index contributed by atoms with van der Waals surface area (Å²) in [4.78, 5) is 10.9. The van der Waals surface area contributed by atoms with Crippen LogP contribution in [0.2, 0.25) is 0 Å². The lowest BCUT2D eigenvalue weighted by Crippen LogP contribution is -1.95. The van der Waals surface area contributed by atoms with E-state index in [1.165, 1.54) is 0 Å². The molecule has 1 heterocycles. The van der Waals surface area contributed by atoms with Gasteiger partial charge in [0.25, 0.3) is 0 Å². The zero-order valence-corrected chi connectivity index (χ0v) is 8.79. The molecule has 0 aliphatic carbocycles. The summed E-state index contributed by atoms with van der Waals surface area (Å²) in [6.07, 6.45) is 1.64. The van der Waals surface area contributed by atoms with Gasteiger partial charge in [0.1, 0.15) is 0 Å². The van der Waals surface area contributed by atoms with Crippen LogP contribution >= 0.6 is 0 Å². The first-order valence-corrected chi connectivity index (χ1v) is 5.12. The van der Waals surface area contributed by atoms with Gasteiger partial charge in [0.05, 0.1) is 17.3 Å². The van der Waals surface area contributed by atoms with Gasteiger partial charge in [-0.1, -0.05) is 6.07 Å². The molecule has 0 saturated carbocycles. The third kappa shape index (κ3) is 1.59. The topological polar surface area (TPSA) is 63.1 Å². The van der Waals surface area contributed by atoms with Gasteiger partial charge in [0.2, 0.25) is 0 Å². The van der Waals surface area contributed by atoms with Gasteiger partial charge in [-0.15, -0.1) is 0 Å².